The van der Waals surface area contributed by atoms with E-state index in [9.17, 15) is 27.6 Å². The Labute approximate surface area is 389 Å². The van der Waals surface area contributed by atoms with Crippen molar-refractivity contribution in [2.45, 2.75) is 146 Å². The van der Waals surface area contributed by atoms with Crippen LogP contribution in [0.1, 0.15) is 117 Å². The van der Waals surface area contributed by atoms with Crippen LogP contribution in [0.2, 0.25) is 5.02 Å². The smallest absolute Gasteiger partial charge is 0.408 e. The monoisotopic (exact) mass is 947 g/mol. The molecule has 15 nitrogen and oxygen atoms in total. The van der Waals surface area contributed by atoms with Crippen molar-refractivity contribution in [1.82, 2.24) is 34.8 Å². The van der Waals surface area contributed by atoms with Gasteiger partial charge in [-0.15, -0.1) is 11.3 Å². The maximum atomic E-state index is 14.8. The zero-order valence-corrected chi connectivity index (χ0v) is 40.1. The lowest BCUT2D eigenvalue weighted by Crippen LogP contribution is -2.58. The van der Waals surface area contributed by atoms with E-state index in [4.69, 9.17) is 31.0 Å². The molecule has 3 fully saturated rings. The largest absolute Gasteiger partial charge is 0.459 e. The summed E-state index contributed by atoms with van der Waals surface area (Å²) in [7, 11) is -4.02. The second-order valence-electron chi connectivity index (χ2n) is 19.4. The highest BCUT2D eigenvalue weighted by molar-refractivity contribution is 7.91. The summed E-state index contributed by atoms with van der Waals surface area (Å²) < 4.78 is 42.1. The number of halogens is 1. The molecule has 4 amide bonds. The van der Waals surface area contributed by atoms with Gasteiger partial charge in [0.1, 0.15) is 39.9 Å². The molecule has 5 atom stereocenters. The topological polar surface area (TPSA) is 191 Å². The number of nitrogens with one attached hydrogen (secondary N) is 3. The molecular weight excluding hydrogens is 890 g/mol. The van der Waals surface area contributed by atoms with Crippen LogP contribution in [-0.2, 0) is 35.6 Å². The molecule has 4 aromatic rings. The summed E-state index contributed by atoms with van der Waals surface area (Å²) in [4.78, 5) is 68.1. The summed E-state index contributed by atoms with van der Waals surface area (Å²) in [6.07, 6.45) is 7.14. The fraction of sp³-hybridized carbons (Fsp3) is 0.532. The Kier molecular flexibility index (Phi) is 12.9. The molecule has 2 aromatic carbocycles. The van der Waals surface area contributed by atoms with Gasteiger partial charge in [-0.05, 0) is 110 Å². The van der Waals surface area contributed by atoms with Crippen LogP contribution in [0.25, 0.3) is 21.6 Å². The third-order valence-electron chi connectivity index (χ3n) is 12.7. The van der Waals surface area contributed by atoms with Crippen LogP contribution in [0.3, 0.4) is 0 Å². The lowest BCUT2D eigenvalue weighted by Gasteiger charge is -2.30. The number of fused-ring (bicyclic) bond motifs is 3. The number of alkyl carbamates (subject to hydrolysis) is 1. The van der Waals surface area contributed by atoms with Crippen LogP contribution in [0, 0.1) is 5.92 Å². The molecule has 8 rings (SSSR count). The van der Waals surface area contributed by atoms with Crippen LogP contribution in [0.15, 0.2) is 60.0 Å². The predicted octanol–water partition coefficient (Wildman–Crippen LogP) is 7.62. The number of sulfonamides is 1. The summed E-state index contributed by atoms with van der Waals surface area (Å²) in [6.45, 7) is 10.8. The number of benzene rings is 2. The van der Waals surface area contributed by atoms with Crippen LogP contribution in [-0.4, -0.2) is 92.3 Å². The van der Waals surface area contributed by atoms with Crippen molar-refractivity contribution in [2.75, 3.05) is 6.54 Å². The molecule has 0 spiro atoms. The highest BCUT2D eigenvalue weighted by Gasteiger charge is 2.63. The molecule has 18 heteroatoms. The van der Waals surface area contributed by atoms with E-state index in [0.29, 0.717) is 55.1 Å². The molecule has 4 aliphatic rings. The minimum Gasteiger partial charge on any atom is -0.459 e. The fourth-order valence-electron chi connectivity index (χ4n) is 8.76. The molecule has 4 heterocycles. The quantitative estimate of drug-likeness (QED) is 0.133. The minimum atomic E-state index is -4.02. The van der Waals surface area contributed by atoms with Gasteiger partial charge in [0.05, 0.1) is 22.5 Å². The first-order valence-corrected chi connectivity index (χ1v) is 25.2. The molecule has 3 N–H and O–H groups in total. The number of nitrogens with zero attached hydrogens (tertiary/aromatic N) is 4. The first-order valence-electron chi connectivity index (χ1n) is 22.5. The van der Waals surface area contributed by atoms with Crippen LogP contribution < -0.4 is 20.1 Å². The maximum Gasteiger partial charge on any atom is 0.408 e. The minimum absolute atomic E-state index is 0.0266. The maximum absolute atomic E-state index is 14.8. The molecule has 348 valence electrons. The van der Waals surface area contributed by atoms with Gasteiger partial charge in [0, 0.05) is 40.8 Å². The lowest BCUT2D eigenvalue weighted by molar-refractivity contribution is -0.141. The second-order valence-corrected chi connectivity index (χ2v) is 22.9. The number of allylic oxidation sites excluding steroid dienone is 1. The van der Waals surface area contributed by atoms with Gasteiger partial charge >= 0.3 is 6.09 Å². The number of rotatable bonds is 10. The number of carbonyl (C=O) groups excluding carboxylic acids is 4. The van der Waals surface area contributed by atoms with Crippen molar-refractivity contribution in [3.8, 4) is 16.6 Å². The normalized spacial score (nSPS) is 25.1. The van der Waals surface area contributed by atoms with E-state index in [0.717, 1.165) is 40.2 Å². The first-order chi connectivity index (χ1) is 30.8. The molecule has 0 bridgehead atoms. The Bertz CT molecular complexity index is 2630. The van der Waals surface area contributed by atoms with Crippen LogP contribution in [0.5, 0.6) is 6.01 Å². The number of hydrogen-bond donors (Lipinski definition) is 3. The van der Waals surface area contributed by atoms with Gasteiger partial charge in [-0.3, -0.25) is 23.7 Å². The predicted molar refractivity (Wildman–Crippen MR) is 249 cm³/mol. The number of ether oxygens (including phenoxy) is 2. The summed E-state index contributed by atoms with van der Waals surface area (Å²) in [5.41, 5.74) is 1.90. The van der Waals surface area contributed by atoms with Crippen LogP contribution in [0.4, 0.5) is 4.79 Å². The Morgan fingerprint density at radius 2 is 1.85 bits per heavy atom. The Morgan fingerprint density at radius 3 is 2.57 bits per heavy atom. The fourth-order valence-corrected chi connectivity index (χ4v) is 11.1. The molecule has 2 aliphatic carbocycles. The van der Waals surface area contributed by atoms with Crippen molar-refractivity contribution in [1.29, 1.82) is 0 Å². The Morgan fingerprint density at radius 1 is 1.08 bits per heavy atom. The molecular formula is C47H58ClN7O8S2. The van der Waals surface area contributed by atoms with Crippen molar-refractivity contribution in [3.63, 3.8) is 0 Å². The number of para-hydroxylation sites is 1. The SMILES string of the molecule is CC(C)n1c(O[C@@H]2C[C@H]3C(=O)N[C@]4(C(=O)NS(=O)(=O)C5(C)CC5)C[C@H]4/C=C\CCCCC[C@H](NC(=O)OC(C)(C)C)C(=O)N3C2)nc2c(-c3nc(Cc4cccc(Cl)c4)cs3)cccc21. The van der Waals surface area contributed by atoms with E-state index in [2.05, 4.69) is 15.4 Å². The van der Waals surface area contributed by atoms with Gasteiger partial charge in [0.15, 0.2) is 0 Å². The number of hydrogen-bond acceptors (Lipinski definition) is 11. The van der Waals surface area contributed by atoms with Crippen molar-refractivity contribution < 1.29 is 37.1 Å². The Balaban J connectivity index is 1.11. The number of aromatic nitrogens is 3. The molecule has 2 aliphatic heterocycles. The molecule has 1 saturated heterocycles. The molecule has 2 saturated carbocycles. The number of carbonyl (C=O) groups is 4. The number of amides is 4. The van der Waals surface area contributed by atoms with Gasteiger partial charge in [-0.25, -0.2) is 18.2 Å². The molecule has 0 radical (unpaired) electrons. The third kappa shape index (κ3) is 10.1. The summed E-state index contributed by atoms with van der Waals surface area (Å²) in [5, 5.41) is 9.19. The van der Waals surface area contributed by atoms with E-state index >= 15 is 0 Å². The van der Waals surface area contributed by atoms with Crippen molar-refractivity contribution >= 4 is 67.8 Å². The standard InChI is InChI=1S/C47H58ClN7O8S2/c1-28(2)55-36-19-13-17-34(40-49-32(27-64-40)23-29-14-12-16-31(48)22-29)38(36)51-43(55)62-33-24-37-39(56)52-47(42(58)53-65(60,61)46(6)20-21-46)25-30(47)15-10-8-7-9-11-18-35(41(57)54(37)26-33)50-44(59)63-45(3,4)5/h10,12-17,19,22,27-28,30,33,35,37H,7-9,11,18,20-21,23-26H2,1-6H3,(H,50,59)(H,52,56)(H,53,58)/b15-10-/t30-,33-,35+,37+,47-/m1/s1. The van der Waals surface area contributed by atoms with Gasteiger partial charge < -0.3 is 25.0 Å². The van der Waals surface area contributed by atoms with Crippen molar-refractivity contribution in [2.24, 2.45) is 5.92 Å². The summed E-state index contributed by atoms with van der Waals surface area (Å²) in [5.74, 6) is -2.39. The summed E-state index contributed by atoms with van der Waals surface area (Å²) >= 11 is 7.77. The summed E-state index contributed by atoms with van der Waals surface area (Å²) in [6, 6.07) is 11.6. The number of thiazole rings is 1. The first kappa shape index (κ1) is 46.5. The highest BCUT2D eigenvalue weighted by atomic mass is 35.5. The van der Waals surface area contributed by atoms with E-state index < -0.39 is 73.8 Å². The number of imidazole rings is 1. The average molecular weight is 949 g/mol. The van der Waals surface area contributed by atoms with Crippen LogP contribution >= 0.6 is 22.9 Å². The second kappa shape index (κ2) is 18.0. The Hall–Kier alpha value is -5.00. The van der Waals surface area contributed by atoms with Gasteiger partial charge in [-0.2, -0.15) is 4.98 Å². The molecule has 2 aromatic heterocycles. The van der Waals surface area contributed by atoms with E-state index in [-0.39, 0.29) is 25.4 Å². The van der Waals surface area contributed by atoms with E-state index in [1.807, 2.05) is 78.4 Å². The van der Waals surface area contributed by atoms with Gasteiger partial charge in [0.2, 0.25) is 21.8 Å². The zero-order valence-electron chi connectivity index (χ0n) is 37.7. The zero-order chi connectivity index (χ0) is 46.5. The van der Waals surface area contributed by atoms with E-state index in [1.165, 1.54) is 16.2 Å². The lowest BCUT2D eigenvalue weighted by atomic mass is 10.0. The van der Waals surface area contributed by atoms with E-state index in [1.54, 1.807) is 27.7 Å². The van der Waals surface area contributed by atoms with Crippen molar-refractivity contribution in [3.05, 3.63) is 76.3 Å². The highest BCUT2D eigenvalue weighted by Crippen LogP contribution is 2.48. The molecule has 65 heavy (non-hydrogen) atoms. The average Bonchev–Trinajstić information content (AvgIpc) is 3.92. The molecule has 0 unspecified atom stereocenters. The third-order valence-corrected chi connectivity index (χ3v) is 16.0. The van der Waals surface area contributed by atoms with Gasteiger partial charge in [0.25, 0.3) is 11.9 Å². The van der Waals surface area contributed by atoms with Gasteiger partial charge in [-0.1, -0.05) is 54.8 Å².